The third-order valence-corrected chi connectivity index (χ3v) is 9.91. The highest BCUT2D eigenvalue weighted by Gasteiger charge is 2.71. The molecule has 5 atom stereocenters. The minimum Gasteiger partial charge on any atom is -0.481 e. The molecule has 2 fully saturated rings. The van der Waals surface area contributed by atoms with E-state index >= 15 is 0 Å². The second kappa shape index (κ2) is 8.88. The summed E-state index contributed by atoms with van der Waals surface area (Å²) in [6, 6.07) is 20.1. The molecule has 1 spiro atoms. The minimum absolute atomic E-state index is 0.0122. The van der Waals surface area contributed by atoms with Gasteiger partial charge in [0.15, 0.2) is 17.3 Å². The second-order valence-electron chi connectivity index (χ2n) is 11.9. The van der Waals surface area contributed by atoms with E-state index in [1.165, 1.54) is 0 Å². The molecule has 6 nitrogen and oxygen atoms in total. The van der Waals surface area contributed by atoms with Crippen molar-refractivity contribution < 1.29 is 24.2 Å². The summed E-state index contributed by atoms with van der Waals surface area (Å²) in [5, 5.41) is 12.3. The molecule has 40 heavy (non-hydrogen) atoms. The summed E-state index contributed by atoms with van der Waals surface area (Å²) < 4.78 is 12.6. The molecule has 6 heteroatoms. The van der Waals surface area contributed by atoms with Crippen LogP contribution in [0.5, 0.6) is 11.5 Å². The Labute approximate surface area is 234 Å². The normalized spacial score (nSPS) is 28.8. The average molecular weight is 536 g/mol. The second-order valence-corrected chi connectivity index (χ2v) is 11.9. The van der Waals surface area contributed by atoms with E-state index in [2.05, 4.69) is 18.5 Å². The lowest BCUT2D eigenvalue weighted by Gasteiger charge is -2.62. The lowest BCUT2D eigenvalue weighted by Crippen LogP contribution is -2.74. The van der Waals surface area contributed by atoms with Crippen LogP contribution in [0.25, 0.3) is 0 Å². The number of nitrogens with zero attached hydrogens (tertiary/aromatic N) is 1. The maximum Gasteiger partial charge on any atom is 0.318 e. The molecule has 1 N–H and O–H groups in total. The zero-order valence-corrected chi connectivity index (χ0v) is 22.9. The van der Waals surface area contributed by atoms with Crippen LogP contribution in [-0.2, 0) is 16.6 Å². The van der Waals surface area contributed by atoms with Crippen molar-refractivity contribution in [2.45, 2.75) is 61.7 Å². The molecule has 0 radical (unpaired) electrons. The first-order valence-electron chi connectivity index (χ1n) is 14.1. The van der Waals surface area contributed by atoms with E-state index in [-0.39, 0.29) is 17.9 Å². The molecule has 1 saturated heterocycles. The minimum atomic E-state index is -0.925. The number of ketones is 1. The predicted octanol–water partition coefficient (Wildman–Crippen LogP) is 4.97. The monoisotopic (exact) mass is 535 g/mol. The molecule has 4 aliphatic rings. The van der Waals surface area contributed by atoms with Gasteiger partial charge in [-0.15, -0.1) is 0 Å². The van der Waals surface area contributed by atoms with Crippen molar-refractivity contribution in [3.05, 3.63) is 107 Å². The standard InChI is InChI=1S/C34H33NO5/c1-20-14-15-34(38)27-19-24-12-13-26(30-28(24)33(34,31(20)40-30)16-17-35(27)3)39-32(37)21(2)23-10-7-11-25(18-23)29(36)22-8-5-4-6-9-22/h4-13,18,21,27,31,38H,1,14-17,19H2,2-3H3/t21?,27?,31?,33?,34-/m1/s1. The maximum atomic E-state index is 13.5. The van der Waals surface area contributed by atoms with Crippen molar-refractivity contribution in [3.8, 4) is 11.5 Å². The molecular weight excluding hydrogens is 502 g/mol. The van der Waals surface area contributed by atoms with E-state index in [0.717, 1.165) is 36.1 Å². The van der Waals surface area contributed by atoms with Crippen LogP contribution in [0.1, 0.15) is 64.7 Å². The molecule has 204 valence electrons. The lowest BCUT2D eigenvalue weighted by atomic mass is 9.48. The van der Waals surface area contributed by atoms with Gasteiger partial charge in [-0.05, 0) is 75.0 Å². The van der Waals surface area contributed by atoms with Gasteiger partial charge in [-0.1, -0.05) is 61.2 Å². The molecule has 2 bridgehead atoms. The van der Waals surface area contributed by atoms with Crippen molar-refractivity contribution in [2.75, 3.05) is 13.6 Å². The van der Waals surface area contributed by atoms with Crippen molar-refractivity contribution in [1.82, 2.24) is 4.90 Å². The highest BCUT2D eigenvalue weighted by atomic mass is 16.6. The number of likely N-dealkylation sites (tertiary alicyclic amines) is 1. The Hall–Kier alpha value is -3.74. The fourth-order valence-corrected chi connectivity index (χ4v) is 7.77. The topological polar surface area (TPSA) is 76.1 Å². The number of carbonyl (C=O) groups is 2. The Bertz CT molecular complexity index is 1560. The van der Waals surface area contributed by atoms with Gasteiger partial charge in [0.05, 0.1) is 16.9 Å². The summed E-state index contributed by atoms with van der Waals surface area (Å²) in [6.45, 7) is 6.98. The first-order chi connectivity index (χ1) is 19.2. The summed E-state index contributed by atoms with van der Waals surface area (Å²) >= 11 is 0. The number of hydrogen-bond acceptors (Lipinski definition) is 6. The molecule has 2 aliphatic carbocycles. The van der Waals surface area contributed by atoms with E-state index in [9.17, 15) is 14.7 Å². The highest BCUT2D eigenvalue weighted by Crippen LogP contribution is 2.66. The van der Waals surface area contributed by atoms with Crippen molar-refractivity contribution in [2.24, 2.45) is 0 Å². The van der Waals surface area contributed by atoms with E-state index in [0.29, 0.717) is 41.0 Å². The molecule has 3 aromatic rings. The number of likely N-dealkylation sites (N-methyl/N-ethyl adjacent to an activating group) is 1. The Morgan fingerprint density at radius 1 is 1.07 bits per heavy atom. The van der Waals surface area contributed by atoms with Gasteiger partial charge >= 0.3 is 5.97 Å². The average Bonchev–Trinajstić information content (AvgIpc) is 3.34. The molecule has 4 unspecified atom stereocenters. The molecule has 0 aromatic heterocycles. The van der Waals surface area contributed by atoms with Crippen LogP contribution < -0.4 is 9.47 Å². The van der Waals surface area contributed by atoms with Crippen molar-refractivity contribution in [1.29, 1.82) is 0 Å². The van der Waals surface area contributed by atoms with Crippen LogP contribution in [0.2, 0.25) is 0 Å². The van der Waals surface area contributed by atoms with Gasteiger partial charge < -0.3 is 19.5 Å². The van der Waals surface area contributed by atoms with Gasteiger partial charge in [-0.2, -0.15) is 0 Å². The largest absolute Gasteiger partial charge is 0.481 e. The van der Waals surface area contributed by atoms with Gasteiger partial charge in [0, 0.05) is 22.7 Å². The number of ether oxygens (including phenoxy) is 2. The fraction of sp³-hybridized carbons (Fsp3) is 0.353. The third kappa shape index (κ3) is 3.36. The summed E-state index contributed by atoms with van der Waals surface area (Å²) in [6.07, 6.45) is 2.51. The predicted molar refractivity (Wildman–Crippen MR) is 151 cm³/mol. The number of esters is 1. The lowest BCUT2D eigenvalue weighted by molar-refractivity contribution is -0.168. The van der Waals surface area contributed by atoms with Crippen LogP contribution in [-0.4, -0.2) is 53.1 Å². The summed E-state index contributed by atoms with van der Waals surface area (Å²) in [7, 11) is 2.09. The van der Waals surface area contributed by atoms with Gasteiger partial charge in [-0.25, -0.2) is 0 Å². The van der Waals surface area contributed by atoms with Crippen LogP contribution in [0.3, 0.4) is 0 Å². The van der Waals surface area contributed by atoms with E-state index in [1.54, 1.807) is 37.3 Å². The smallest absolute Gasteiger partial charge is 0.318 e. The number of rotatable bonds is 5. The maximum absolute atomic E-state index is 13.5. The van der Waals surface area contributed by atoms with Crippen LogP contribution in [0.4, 0.5) is 0 Å². The first-order valence-corrected chi connectivity index (χ1v) is 14.1. The van der Waals surface area contributed by atoms with Gasteiger partial charge in [0.25, 0.3) is 0 Å². The number of aliphatic hydroxyl groups is 1. The van der Waals surface area contributed by atoms with E-state index < -0.39 is 22.9 Å². The summed E-state index contributed by atoms with van der Waals surface area (Å²) in [4.78, 5) is 28.8. The zero-order chi connectivity index (χ0) is 27.8. The van der Waals surface area contributed by atoms with Crippen molar-refractivity contribution >= 4 is 11.8 Å². The molecule has 2 heterocycles. The quantitative estimate of drug-likeness (QED) is 0.215. The number of benzene rings is 3. The number of carbonyl (C=O) groups excluding carboxylic acids is 2. The third-order valence-electron chi connectivity index (χ3n) is 9.91. The molecule has 7 rings (SSSR count). The first kappa shape index (κ1) is 25.2. The number of piperidine rings is 1. The fourth-order valence-electron chi connectivity index (χ4n) is 7.77. The Kier molecular flexibility index (Phi) is 5.61. The van der Waals surface area contributed by atoms with Crippen LogP contribution in [0.15, 0.2) is 78.9 Å². The Balaban J connectivity index is 1.21. The zero-order valence-electron chi connectivity index (χ0n) is 22.9. The van der Waals surface area contributed by atoms with Crippen molar-refractivity contribution in [3.63, 3.8) is 0 Å². The Morgan fingerprint density at radius 2 is 1.85 bits per heavy atom. The summed E-state index contributed by atoms with van der Waals surface area (Å²) in [5.41, 5.74) is 3.46. The van der Waals surface area contributed by atoms with Crippen LogP contribution >= 0.6 is 0 Å². The van der Waals surface area contributed by atoms with Crippen LogP contribution in [0, 0.1) is 0 Å². The number of hydrogen-bond donors (Lipinski definition) is 1. The Morgan fingerprint density at radius 3 is 2.65 bits per heavy atom. The van der Waals surface area contributed by atoms with E-state index in [1.807, 2.05) is 36.4 Å². The molecule has 2 aliphatic heterocycles. The molecule has 1 saturated carbocycles. The van der Waals surface area contributed by atoms with Gasteiger partial charge in [-0.3, -0.25) is 9.59 Å². The molecular formula is C34H33NO5. The van der Waals surface area contributed by atoms with Gasteiger partial charge in [0.1, 0.15) is 6.10 Å². The highest BCUT2D eigenvalue weighted by molar-refractivity contribution is 6.09. The molecule has 3 aromatic carbocycles. The molecule has 0 amide bonds. The van der Waals surface area contributed by atoms with E-state index in [4.69, 9.17) is 9.47 Å². The SMILES string of the molecule is C=C1CC[C@@]2(O)C3Cc4ccc(OC(=O)C(C)c5cccc(C(=O)c6ccccc6)c5)c5c4C2(CCN3C)C1O5. The van der Waals surface area contributed by atoms with Gasteiger partial charge in [0.2, 0.25) is 0 Å². The summed E-state index contributed by atoms with van der Waals surface area (Å²) in [5.74, 6) is -0.176.